The van der Waals surface area contributed by atoms with Crippen LogP contribution in [-0.4, -0.2) is 87.0 Å². The molecule has 2 aromatic rings. The molecule has 3 rings (SSSR count). The number of piperazine rings is 1. The van der Waals surface area contributed by atoms with Crippen molar-refractivity contribution in [3.05, 3.63) is 29.8 Å². The van der Waals surface area contributed by atoms with E-state index in [1.807, 2.05) is 37.2 Å². The lowest BCUT2D eigenvalue weighted by atomic mass is 10.1. The van der Waals surface area contributed by atoms with Crippen molar-refractivity contribution in [2.24, 2.45) is 0 Å². The number of benzene rings is 1. The number of hydrogen-bond donors (Lipinski definition) is 2. The Morgan fingerprint density at radius 1 is 1.06 bits per heavy atom. The molecule has 1 aromatic heterocycles. The Hall–Kier alpha value is -2.71. The quantitative estimate of drug-likeness (QED) is 0.669. The minimum atomic E-state index is -0.165. The molecule has 8 nitrogen and oxygen atoms in total. The zero-order chi connectivity index (χ0) is 22.4. The first-order valence-corrected chi connectivity index (χ1v) is 10.9. The molecule has 2 N–H and O–H groups in total. The number of nitrogens with zero attached hydrogens (tertiary/aromatic N) is 4. The van der Waals surface area contributed by atoms with Gasteiger partial charge < -0.3 is 25.3 Å². The predicted octanol–water partition coefficient (Wildman–Crippen LogP) is 1.69. The van der Waals surface area contributed by atoms with E-state index in [2.05, 4.69) is 40.5 Å². The molecule has 1 aliphatic rings. The molecule has 2 heterocycles. The normalized spacial score (nSPS) is 14.8. The van der Waals surface area contributed by atoms with Crippen LogP contribution in [0, 0.1) is 6.92 Å². The van der Waals surface area contributed by atoms with Crippen LogP contribution in [0.2, 0.25) is 0 Å². The van der Waals surface area contributed by atoms with E-state index in [1.54, 1.807) is 0 Å². The van der Waals surface area contributed by atoms with Crippen LogP contribution in [0.1, 0.15) is 18.4 Å². The topological polar surface area (TPSA) is 80.8 Å². The number of likely N-dealkylation sites (N-methyl/N-ethyl adjacent to an activating group) is 2. The Kier molecular flexibility index (Phi) is 7.81. The van der Waals surface area contributed by atoms with E-state index in [9.17, 15) is 9.59 Å². The number of hydrogen-bond acceptors (Lipinski definition) is 6. The van der Waals surface area contributed by atoms with Gasteiger partial charge in [-0.3, -0.25) is 9.59 Å². The second-order valence-electron chi connectivity index (χ2n) is 8.52. The molecule has 0 bridgehead atoms. The summed E-state index contributed by atoms with van der Waals surface area (Å²) in [5.74, 6) is 0.740. The van der Waals surface area contributed by atoms with Crippen LogP contribution in [-0.2, 0) is 9.59 Å². The Morgan fingerprint density at radius 2 is 1.77 bits per heavy atom. The zero-order valence-corrected chi connectivity index (χ0v) is 19.1. The molecule has 0 unspecified atom stereocenters. The fraction of sp³-hybridized carbons (Fsp3) is 0.522. The van der Waals surface area contributed by atoms with Crippen molar-refractivity contribution >= 4 is 34.2 Å². The van der Waals surface area contributed by atoms with Gasteiger partial charge in [-0.2, -0.15) is 0 Å². The molecule has 2 amide bonds. The summed E-state index contributed by atoms with van der Waals surface area (Å²) < 4.78 is 0. The molecule has 1 fully saturated rings. The monoisotopic (exact) mass is 426 g/mol. The van der Waals surface area contributed by atoms with Gasteiger partial charge in [-0.25, -0.2) is 4.98 Å². The van der Waals surface area contributed by atoms with E-state index in [4.69, 9.17) is 4.98 Å². The van der Waals surface area contributed by atoms with Gasteiger partial charge in [0.25, 0.3) is 0 Å². The van der Waals surface area contributed by atoms with Gasteiger partial charge in [0.1, 0.15) is 5.82 Å². The summed E-state index contributed by atoms with van der Waals surface area (Å²) in [5, 5.41) is 6.75. The third-order valence-electron chi connectivity index (χ3n) is 5.57. The molecule has 0 aliphatic carbocycles. The van der Waals surface area contributed by atoms with Crippen molar-refractivity contribution in [2.75, 3.05) is 70.6 Å². The molecule has 0 saturated carbocycles. The summed E-state index contributed by atoms with van der Waals surface area (Å²) in [7, 11) is 6.05. The third kappa shape index (κ3) is 6.63. The number of carbonyl (C=O) groups is 2. The van der Waals surface area contributed by atoms with Crippen molar-refractivity contribution < 1.29 is 9.59 Å². The molecular formula is C23H34N6O2. The molecule has 0 spiro atoms. The molecule has 31 heavy (non-hydrogen) atoms. The fourth-order valence-electron chi connectivity index (χ4n) is 3.61. The Morgan fingerprint density at radius 3 is 2.48 bits per heavy atom. The standard InChI is InChI=1S/C23H34N6O2/c1-17-15-21(29-13-11-28(4)12-14-29)26-20-6-5-18(16-19(17)20)25-23(31)8-7-22(30)24-9-10-27(2)3/h5-6,15-16H,7-14H2,1-4H3,(H,24,30)(H,25,31). The van der Waals surface area contributed by atoms with Gasteiger partial charge in [-0.05, 0) is 57.9 Å². The summed E-state index contributed by atoms with van der Waals surface area (Å²) in [6.07, 6.45) is 0.340. The smallest absolute Gasteiger partial charge is 0.224 e. The second-order valence-corrected chi connectivity index (χ2v) is 8.52. The van der Waals surface area contributed by atoms with Gasteiger partial charge in [0.05, 0.1) is 5.52 Å². The average Bonchev–Trinajstić information content (AvgIpc) is 2.73. The van der Waals surface area contributed by atoms with E-state index >= 15 is 0 Å². The Labute approximate surface area is 184 Å². The minimum Gasteiger partial charge on any atom is -0.355 e. The number of aryl methyl sites for hydroxylation is 1. The van der Waals surface area contributed by atoms with Crippen LogP contribution in [0.4, 0.5) is 11.5 Å². The number of anilines is 2. The second kappa shape index (κ2) is 10.5. The molecule has 1 aromatic carbocycles. The Bertz CT molecular complexity index is 922. The number of rotatable bonds is 8. The first-order valence-electron chi connectivity index (χ1n) is 10.9. The van der Waals surface area contributed by atoms with E-state index in [-0.39, 0.29) is 24.7 Å². The average molecular weight is 427 g/mol. The predicted molar refractivity (Wildman–Crippen MR) is 126 cm³/mol. The third-order valence-corrected chi connectivity index (χ3v) is 5.57. The highest BCUT2D eigenvalue weighted by Crippen LogP contribution is 2.26. The van der Waals surface area contributed by atoms with Crippen LogP contribution in [0.5, 0.6) is 0 Å². The molecule has 1 aliphatic heterocycles. The van der Waals surface area contributed by atoms with Crippen molar-refractivity contribution in [1.82, 2.24) is 20.1 Å². The first kappa shape index (κ1) is 23.0. The van der Waals surface area contributed by atoms with Crippen molar-refractivity contribution in [2.45, 2.75) is 19.8 Å². The van der Waals surface area contributed by atoms with Crippen LogP contribution >= 0.6 is 0 Å². The van der Waals surface area contributed by atoms with Crippen molar-refractivity contribution in [1.29, 1.82) is 0 Å². The number of nitrogens with one attached hydrogen (secondary N) is 2. The number of aromatic nitrogens is 1. The first-order chi connectivity index (χ1) is 14.8. The van der Waals surface area contributed by atoms with Crippen LogP contribution in [0.3, 0.4) is 0 Å². The molecule has 168 valence electrons. The van der Waals surface area contributed by atoms with Gasteiger partial charge >= 0.3 is 0 Å². The SMILES string of the molecule is Cc1cc(N2CCN(C)CC2)nc2ccc(NC(=O)CCC(=O)NCCN(C)C)cc12. The van der Waals surface area contributed by atoms with E-state index < -0.39 is 0 Å². The van der Waals surface area contributed by atoms with Crippen molar-refractivity contribution in [3.8, 4) is 0 Å². The lowest BCUT2D eigenvalue weighted by Crippen LogP contribution is -2.44. The number of carbonyl (C=O) groups excluding carboxylic acids is 2. The summed E-state index contributed by atoms with van der Waals surface area (Å²) in [4.78, 5) is 35.6. The van der Waals surface area contributed by atoms with Crippen LogP contribution < -0.4 is 15.5 Å². The number of amides is 2. The van der Waals surface area contributed by atoms with Gasteiger partial charge in [-0.15, -0.1) is 0 Å². The lowest BCUT2D eigenvalue weighted by molar-refractivity contribution is -0.124. The highest BCUT2D eigenvalue weighted by molar-refractivity contribution is 5.96. The van der Waals surface area contributed by atoms with Gasteiger partial charge in [0.2, 0.25) is 11.8 Å². The van der Waals surface area contributed by atoms with Gasteiger partial charge in [-0.1, -0.05) is 0 Å². The maximum Gasteiger partial charge on any atom is 0.224 e. The minimum absolute atomic E-state index is 0.105. The highest BCUT2D eigenvalue weighted by atomic mass is 16.2. The molecule has 8 heteroatoms. The van der Waals surface area contributed by atoms with E-state index in [1.165, 1.54) is 0 Å². The molecular weight excluding hydrogens is 392 g/mol. The number of pyridine rings is 1. The highest BCUT2D eigenvalue weighted by Gasteiger charge is 2.16. The van der Waals surface area contributed by atoms with Crippen LogP contribution in [0.15, 0.2) is 24.3 Å². The maximum absolute atomic E-state index is 12.3. The summed E-state index contributed by atoms with van der Waals surface area (Å²) in [5.41, 5.74) is 2.78. The summed E-state index contributed by atoms with van der Waals surface area (Å²) in [6, 6.07) is 7.90. The molecule has 0 atom stereocenters. The lowest BCUT2D eigenvalue weighted by Gasteiger charge is -2.33. The van der Waals surface area contributed by atoms with Crippen LogP contribution in [0.25, 0.3) is 10.9 Å². The van der Waals surface area contributed by atoms with Crippen molar-refractivity contribution in [3.63, 3.8) is 0 Å². The largest absolute Gasteiger partial charge is 0.355 e. The fourth-order valence-corrected chi connectivity index (χ4v) is 3.61. The molecule has 1 saturated heterocycles. The van der Waals surface area contributed by atoms with Gasteiger partial charge in [0, 0.05) is 63.2 Å². The van der Waals surface area contributed by atoms with E-state index in [0.717, 1.165) is 60.7 Å². The molecule has 0 radical (unpaired) electrons. The zero-order valence-electron chi connectivity index (χ0n) is 19.1. The Balaban J connectivity index is 1.58. The van der Waals surface area contributed by atoms with E-state index in [0.29, 0.717) is 6.54 Å². The number of fused-ring (bicyclic) bond motifs is 1. The summed E-state index contributed by atoms with van der Waals surface area (Å²) >= 11 is 0. The van der Waals surface area contributed by atoms with Gasteiger partial charge in [0.15, 0.2) is 0 Å². The maximum atomic E-state index is 12.3. The summed E-state index contributed by atoms with van der Waals surface area (Å²) in [6.45, 7) is 7.47.